The molecule has 0 aliphatic carbocycles. The quantitative estimate of drug-likeness (QED) is 0.525. The molecule has 0 bridgehead atoms. The number of amides is 1. The molecule has 24 heavy (non-hydrogen) atoms. The van der Waals surface area contributed by atoms with Crippen molar-refractivity contribution in [3.63, 3.8) is 0 Å². The molecule has 0 saturated heterocycles. The second kappa shape index (κ2) is 8.30. The number of halogens is 2. The lowest BCUT2D eigenvalue weighted by atomic mass is 10.2. The van der Waals surface area contributed by atoms with E-state index in [2.05, 4.69) is 42.4 Å². The first-order valence-electron chi connectivity index (χ1n) is 7.11. The van der Waals surface area contributed by atoms with Crippen LogP contribution in [0.3, 0.4) is 0 Å². The highest BCUT2D eigenvalue weighted by molar-refractivity contribution is 9.10. The van der Waals surface area contributed by atoms with E-state index in [4.69, 9.17) is 4.74 Å². The summed E-state index contributed by atoms with van der Waals surface area (Å²) in [7, 11) is 0. The van der Waals surface area contributed by atoms with Crippen LogP contribution in [0, 0.1) is 6.92 Å². The van der Waals surface area contributed by atoms with Crippen molar-refractivity contribution < 1.29 is 14.6 Å². The lowest BCUT2D eigenvalue weighted by Crippen LogP contribution is -2.33. The number of aryl methyl sites for hydroxylation is 1. The highest BCUT2D eigenvalue weighted by atomic mass is 79.9. The summed E-state index contributed by atoms with van der Waals surface area (Å²) in [5.41, 5.74) is 3.97. The normalized spacial score (nSPS) is 12.2. The van der Waals surface area contributed by atoms with Gasteiger partial charge in [0.15, 0.2) is 6.10 Å². The van der Waals surface area contributed by atoms with Crippen LogP contribution in [0.1, 0.15) is 18.1 Å². The Morgan fingerprint density at radius 2 is 2.04 bits per heavy atom. The van der Waals surface area contributed by atoms with Gasteiger partial charge in [0.25, 0.3) is 5.91 Å². The van der Waals surface area contributed by atoms with Gasteiger partial charge in [-0.05, 0) is 65.7 Å². The predicted molar refractivity (Wildman–Crippen MR) is 101 cm³/mol. The number of hydrogen-bond donors (Lipinski definition) is 2. The maximum atomic E-state index is 12.0. The number of carbonyl (C=O) groups excluding carboxylic acids is 1. The Kier molecular flexibility index (Phi) is 6.39. The fourth-order valence-corrected chi connectivity index (χ4v) is 2.80. The first-order valence-corrected chi connectivity index (χ1v) is 8.69. The second-order valence-corrected chi connectivity index (χ2v) is 6.90. The number of aromatic hydroxyl groups is 1. The zero-order valence-corrected chi connectivity index (χ0v) is 16.3. The number of nitrogens with zero attached hydrogens (tertiary/aromatic N) is 1. The van der Waals surface area contributed by atoms with Gasteiger partial charge in [-0.25, -0.2) is 5.43 Å². The summed E-state index contributed by atoms with van der Waals surface area (Å²) in [6.45, 7) is 3.60. The number of ether oxygens (including phenoxy) is 1. The van der Waals surface area contributed by atoms with Gasteiger partial charge in [-0.2, -0.15) is 5.10 Å². The lowest BCUT2D eigenvalue weighted by molar-refractivity contribution is -0.127. The molecule has 0 radical (unpaired) electrons. The molecule has 0 unspecified atom stereocenters. The minimum absolute atomic E-state index is 0.0732. The zero-order chi connectivity index (χ0) is 17.7. The molecule has 5 nitrogen and oxygen atoms in total. The number of hydrogen-bond acceptors (Lipinski definition) is 4. The van der Waals surface area contributed by atoms with Crippen LogP contribution in [-0.2, 0) is 4.79 Å². The largest absolute Gasteiger partial charge is 0.507 e. The smallest absolute Gasteiger partial charge is 0.280 e. The average Bonchev–Trinajstić information content (AvgIpc) is 2.53. The van der Waals surface area contributed by atoms with Gasteiger partial charge in [0.05, 0.1) is 10.7 Å². The molecule has 0 aromatic heterocycles. The molecule has 1 atom stereocenters. The molecule has 0 spiro atoms. The summed E-state index contributed by atoms with van der Waals surface area (Å²) in [5, 5.41) is 13.5. The van der Waals surface area contributed by atoms with Crippen molar-refractivity contribution in [3.05, 3.63) is 56.5 Å². The number of rotatable bonds is 5. The topological polar surface area (TPSA) is 70.9 Å². The summed E-state index contributed by atoms with van der Waals surface area (Å²) in [5.74, 6) is 0.258. The molecular formula is C17H16Br2N2O3. The summed E-state index contributed by atoms with van der Waals surface area (Å²) in [6, 6.07) is 10.5. The fourth-order valence-electron chi connectivity index (χ4n) is 1.83. The molecule has 2 N–H and O–H groups in total. The minimum Gasteiger partial charge on any atom is -0.507 e. The number of hydrazone groups is 1. The number of phenolic OH excluding ortho intramolecular Hbond substituents is 1. The van der Waals surface area contributed by atoms with Crippen LogP contribution in [0.15, 0.2) is 50.4 Å². The van der Waals surface area contributed by atoms with Crippen LogP contribution >= 0.6 is 31.9 Å². The van der Waals surface area contributed by atoms with E-state index in [1.54, 1.807) is 25.1 Å². The third kappa shape index (κ3) is 5.07. The standard InChI is InChI=1S/C17H16Br2N2O3/c1-10-3-6-16(14(19)7-10)24-11(2)17(23)21-20-9-12-8-13(18)4-5-15(12)22/h3-9,11,22H,1-2H3,(H,21,23)/b20-9+/t11-/m1/s1. The monoisotopic (exact) mass is 454 g/mol. The number of phenols is 1. The van der Waals surface area contributed by atoms with Crippen molar-refractivity contribution in [2.75, 3.05) is 0 Å². The van der Waals surface area contributed by atoms with Crippen molar-refractivity contribution >= 4 is 44.0 Å². The number of benzene rings is 2. The van der Waals surface area contributed by atoms with Crippen LogP contribution in [0.2, 0.25) is 0 Å². The van der Waals surface area contributed by atoms with Crippen molar-refractivity contribution in [1.82, 2.24) is 5.43 Å². The summed E-state index contributed by atoms with van der Waals surface area (Å²) < 4.78 is 7.20. The predicted octanol–water partition coefficient (Wildman–Crippen LogP) is 4.14. The molecule has 0 saturated carbocycles. The van der Waals surface area contributed by atoms with E-state index < -0.39 is 12.0 Å². The van der Waals surface area contributed by atoms with Crippen LogP contribution in [0.4, 0.5) is 0 Å². The van der Waals surface area contributed by atoms with Crippen molar-refractivity contribution in [2.24, 2.45) is 5.10 Å². The van der Waals surface area contributed by atoms with Crippen LogP contribution in [0.5, 0.6) is 11.5 Å². The van der Waals surface area contributed by atoms with Crippen LogP contribution in [0.25, 0.3) is 0 Å². The van der Waals surface area contributed by atoms with Crippen LogP contribution in [-0.4, -0.2) is 23.3 Å². The lowest BCUT2D eigenvalue weighted by Gasteiger charge is -2.14. The Hall–Kier alpha value is -1.86. The molecular weight excluding hydrogens is 440 g/mol. The molecule has 0 fully saturated rings. The van der Waals surface area contributed by atoms with Crippen molar-refractivity contribution in [3.8, 4) is 11.5 Å². The average molecular weight is 456 g/mol. The maximum Gasteiger partial charge on any atom is 0.280 e. The van der Waals surface area contributed by atoms with Gasteiger partial charge in [0, 0.05) is 10.0 Å². The van der Waals surface area contributed by atoms with E-state index in [0.29, 0.717) is 11.3 Å². The third-order valence-corrected chi connectivity index (χ3v) is 4.24. The molecule has 2 aromatic carbocycles. The third-order valence-electron chi connectivity index (χ3n) is 3.13. The van der Waals surface area contributed by atoms with Crippen molar-refractivity contribution in [2.45, 2.75) is 20.0 Å². The Morgan fingerprint density at radius 1 is 1.29 bits per heavy atom. The molecule has 126 valence electrons. The molecule has 0 aliphatic rings. The van der Waals surface area contributed by atoms with E-state index in [0.717, 1.165) is 14.5 Å². The van der Waals surface area contributed by atoms with Crippen LogP contribution < -0.4 is 10.2 Å². The Labute approximate surface area is 157 Å². The van der Waals surface area contributed by atoms with E-state index in [9.17, 15) is 9.90 Å². The Morgan fingerprint density at radius 3 is 2.75 bits per heavy atom. The highest BCUT2D eigenvalue weighted by Gasteiger charge is 2.15. The summed E-state index contributed by atoms with van der Waals surface area (Å²) in [6.07, 6.45) is 0.643. The van der Waals surface area contributed by atoms with Gasteiger partial charge in [-0.1, -0.05) is 22.0 Å². The molecule has 1 amide bonds. The van der Waals surface area contributed by atoms with Gasteiger partial charge in [-0.3, -0.25) is 4.79 Å². The van der Waals surface area contributed by atoms with E-state index in [1.807, 2.05) is 19.1 Å². The van der Waals surface area contributed by atoms with Gasteiger partial charge in [0.1, 0.15) is 11.5 Å². The minimum atomic E-state index is -0.725. The Balaban J connectivity index is 1.96. The van der Waals surface area contributed by atoms with E-state index in [1.165, 1.54) is 12.3 Å². The molecule has 0 aliphatic heterocycles. The zero-order valence-electron chi connectivity index (χ0n) is 13.1. The first kappa shape index (κ1) is 18.5. The van der Waals surface area contributed by atoms with Gasteiger partial charge < -0.3 is 9.84 Å². The maximum absolute atomic E-state index is 12.0. The summed E-state index contributed by atoms with van der Waals surface area (Å²) in [4.78, 5) is 12.0. The van der Waals surface area contributed by atoms with Gasteiger partial charge >= 0.3 is 0 Å². The molecule has 2 rings (SSSR count). The Bertz CT molecular complexity index is 778. The van der Waals surface area contributed by atoms with Crippen molar-refractivity contribution in [1.29, 1.82) is 0 Å². The second-order valence-electron chi connectivity index (χ2n) is 5.13. The van der Waals surface area contributed by atoms with E-state index >= 15 is 0 Å². The fraction of sp³-hybridized carbons (Fsp3) is 0.176. The molecule has 7 heteroatoms. The van der Waals surface area contributed by atoms with Gasteiger partial charge in [-0.15, -0.1) is 0 Å². The summed E-state index contributed by atoms with van der Waals surface area (Å²) >= 11 is 6.71. The van der Waals surface area contributed by atoms with E-state index in [-0.39, 0.29) is 5.75 Å². The number of carbonyl (C=O) groups is 1. The van der Waals surface area contributed by atoms with Gasteiger partial charge in [0.2, 0.25) is 0 Å². The molecule has 0 heterocycles. The first-order chi connectivity index (χ1) is 11.4. The highest BCUT2D eigenvalue weighted by Crippen LogP contribution is 2.26. The molecule has 2 aromatic rings. The SMILES string of the molecule is Cc1ccc(O[C@H](C)C(=O)N/N=C/c2cc(Br)ccc2O)c(Br)c1. The number of nitrogens with one attached hydrogen (secondary N) is 1.